The predicted octanol–water partition coefficient (Wildman–Crippen LogP) is 3.70. The number of carbonyl (C=O) groups is 1. The zero-order chi connectivity index (χ0) is 14.5. The van der Waals surface area contributed by atoms with Gasteiger partial charge in [-0.05, 0) is 43.7 Å². The Morgan fingerprint density at radius 3 is 2.60 bits per heavy atom. The number of nitrogens with one attached hydrogen (secondary N) is 1. The molecule has 1 unspecified atom stereocenters. The van der Waals surface area contributed by atoms with Crippen LogP contribution in [0.15, 0.2) is 53.4 Å². The lowest BCUT2D eigenvalue weighted by Crippen LogP contribution is -2.22. The first kappa shape index (κ1) is 14.5. The molecule has 2 aromatic carbocycles. The topological polar surface area (TPSA) is 55.1 Å². The molecule has 3 nitrogen and oxygen atoms in total. The molecule has 0 saturated carbocycles. The van der Waals surface area contributed by atoms with Crippen molar-refractivity contribution in [3.63, 3.8) is 0 Å². The van der Waals surface area contributed by atoms with Crippen molar-refractivity contribution in [1.82, 2.24) is 0 Å². The van der Waals surface area contributed by atoms with Crippen LogP contribution in [0.4, 0.5) is 11.4 Å². The minimum atomic E-state index is -0.168. The summed E-state index contributed by atoms with van der Waals surface area (Å²) in [5.74, 6) is -0.0208. The first-order valence-electron chi connectivity index (χ1n) is 6.45. The minimum absolute atomic E-state index is 0.0208. The maximum absolute atomic E-state index is 12.2. The van der Waals surface area contributed by atoms with Gasteiger partial charge in [-0.25, -0.2) is 0 Å². The Morgan fingerprint density at radius 1 is 1.20 bits per heavy atom. The van der Waals surface area contributed by atoms with E-state index in [-0.39, 0.29) is 11.2 Å². The summed E-state index contributed by atoms with van der Waals surface area (Å²) in [7, 11) is 0. The van der Waals surface area contributed by atoms with E-state index in [1.54, 1.807) is 6.07 Å². The molecule has 3 N–H and O–H groups in total. The molecule has 1 amide bonds. The number of hydrogen-bond donors (Lipinski definition) is 2. The van der Waals surface area contributed by atoms with Gasteiger partial charge in [0, 0.05) is 16.3 Å². The largest absolute Gasteiger partial charge is 0.399 e. The molecule has 0 aliphatic rings. The average Bonchev–Trinajstić information content (AvgIpc) is 2.44. The monoisotopic (exact) mass is 286 g/mol. The van der Waals surface area contributed by atoms with Gasteiger partial charge in [0.1, 0.15) is 0 Å². The van der Waals surface area contributed by atoms with Crippen molar-refractivity contribution in [3.8, 4) is 0 Å². The third kappa shape index (κ3) is 3.78. The van der Waals surface area contributed by atoms with Gasteiger partial charge < -0.3 is 11.1 Å². The number of nitrogens with two attached hydrogens (primary N) is 1. The zero-order valence-corrected chi connectivity index (χ0v) is 12.4. The van der Waals surface area contributed by atoms with E-state index in [9.17, 15) is 4.79 Å². The molecular weight excluding hydrogens is 268 g/mol. The van der Waals surface area contributed by atoms with Crippen molar-refractivity contribution in [1.29, 1.82) is 0 Å². The van der Waals surface area contributed by atoms with Gasteiger partial charge in [0.05, 0.1) is 5.25 Å². The van der Waals surface area contributed by atoms with Crippen LogP contribution in [0.1, 0.15) is 12.5 Å². The molecule has 0 heterocycles. The van der Waals surface area contributed by atoms with Crippen LogP contribution in [-0.2, 0) is 4.79 Å². The number of rotatable bonds is 4. The normalized spacial score (nSPS) is 11.9. The Kier molecular flexibility index (Phi) is 4.69. The number of aryl methyl sites for hydroxylation is 1. The van der Waals surface area contributed by atoms with Crippen LogP contribution in [0.3, 0.4) is 0 Å². The molecule has 104 valence electrons. The fourth-order valence-electron chi connectivity index (χ4n) is 1.77. The van der Waals surface area contributed by atoms with Crippen molar-refractivity contribution in [2.45, 2.75) is 24.0 Å². The highest BCUT2D eigenvalue weighted by Gasteiger charge is 2.15. The van der Waals surface area contributed by atoms with Crippen molar-refractivity contribution < 1.29 is 4.79 Å². The fourth-order valence-corrected chi connectivity index (χ4v) is 2.65. The van der Waals surface area contributed by atoms with Crippen LogP contribution < -0.4 is 11.1 Å². The van der Waals surface area contributed by atoms with Gasteiger partial charge in [-0.3, -0.25) is 4.79 Å². The maximum Gasteiger partial charge on any atom is 0.237 e. The van der Waals surface area contributed by atoms with Crippen LogP contribution in [0.2, 0.25) is 0 Å². The Morgan fingerprint density at radius 2 is 1.90 bits per heavy atom. The molecule has 2 rings (SSSR count). The maximum atomic E-state index is 12.2. The summed E-state index contributed by atoms with van der Waals surface area (Å²) in [5.41, 5.74) is 8.17. The summed E-state index contributed by atoms with van der Waals surface area (Å²) in [6.07, 6.45) is 0. The average molecular weight is 286 g/mol. The quantitative estimate of drug-likeness (QED) is 0.665. The second-order valence-corrected chi connectivity index (χ2v) is 6.05. The molecule has 0 bridgehead atoms. The summed E-state index contributed by atoms with van der Waals surface area (Å²) in [6.45, 7) is 3.85. The molecule has 0 aliphatic heterocycles. The Labute approximate surface area is 123 Å². The van der Waals surface area contributed by atoms with E-state index in [2.05, 4.69) is 5.32 Å². The molecule has 2 aromatic rings. The minimum Gasteiger partial charge on any atom is -0.399 e. The summed E-state index contributed by atoms with van der Waals surface area (Å²) in [4.78, 5) is 13.3. The van der Waals surface area contributed by atoms with E-state index in [1.165, 1.54) is 11.8 Å². The molecule has 0 fully saturated rings. The zero-order valence-electron chi connectivity index (χ0n) is 11.6. The SMILES string of the molecule is Cc1ccc(N)cc1NC(=O)C(C)Sc1ccccc1. The Balaban J connectivity index is 2.02. The number of hydrogen-bond acceptors (Lipinski definition) is 3. The number of amides is 1. The van der Waals surface area contributed by atoms with Crippen LogP contribution in [0.25, 0.3) is 0 Å². The highest BCUT2D eigenvalue weighted by Crippen LogP contribution is 2.25. The molecule has 1 atom stereocenters. The van der Waals surface area contributed by atoms with Gasteiger partial charge in [0.2, 0.25) is 5.91 Å². The lowest BCUT2D eigenvalue weighted by Gasteiger charge is -2.14. The van der Waals surface area contributed by atoms with Crippen LogP contribution in [0, 0.1) is 6.92 Å². The lowest BCUT2D eigenvalue weighted by molar-refractivity contribution is -0.115. The van der Waals surface area contributed by atoms with Gasteiger partial charge >= 0.3 is 0 Å². The van der Waals surface area contributed by atoms with Gasteiger partial charge in [0.25, 0.3) is 0 Å². The Hall–Kier alpha value is -1.94. The second kappa shape index (κ2) is 6.48. The molecular formula is C16H18N2OS. The summed E-state index contributed by atoms with van der Waals surface area (Å²) >= 11 is 1.54. The molecule has 0 aromatic heterocycles. The fraction of sp³-hybridized carbons (Fsp3) is 0.188. The number of anilines is 2. The first-order valence-corrected chi connectivity index (χ1v) is 7.33. The van der Waals surface area contributed by atoms with E-state index >= 15 is 0 Å². The number of thioether (sulfide) groups is 1. The third-order valence-corrected chi connectivity index (χ3v) is 4.06. The van der Waals surface area contributed by atoms with Crippen molar-refractivity contribution in [3.05, 3.63) is 54.1 Å². The third-order valence-electron chi connectivity index (χ3n) is 2.94. The van der Waals surface area contributed by atoms with Crippen LogP contribution in [-0.4, -0.2) is 11.2 Å². The van der Waals surface area contributed by atoms with E-state index in [4.69, 9.17) is 5.73 Å². The highest BCUT2D eigenvalue weighted by molar-refractivity contribution is 8.00. The number of benzene rings is 2. The first-order chi connectivity index (χ1) is 9.56. The Bertz CT molecular complexity index is 599. The number of nitrogen functional groups attached to an aromatic ring is 1. The lowest BCUT2D eigenvalue weighted by atomic mass is 10.2. The predicted molar refractivity (Wildman–Crippen MR) is 86.0 cm³/mol. The van der Waals surface area contributed by atoms with Gasteiger partial charge in [-0.15, -0.1) is 11.8 Å². The molecule has 20 heavy (non-hydrogen) atoms. The van der Waals surface area contributed by atoms with Crippen molar-refractivity contribution in [2.24, 2.45) is 0 Å². The van der Waals surface area contributed by atoms with E-state index in [0.29, 0.717) is 5.69 Å². The van der Waals surface area contributed by atoms with E-state index in [1.807, 2.05) is 56.3 Å². The van der Waals surface area contributed by atoms with Gasteiger partial charge in [-0.1, -0.05) is 24.3 Å². The van der Waals surface area contributed by atoms with E-state index in [0.717, 1.165) is 16.1 Å². The standard InChI is InChI=1S/C16H18N2OS/c1-11-8-9-13(17)10-15(11)18-16(19)12(2)20-14-6-4-3-5-7-14/h3-10,12H,17H2,1-2H3,(H,18,19). The molecule has 0 aliphatic carbocycles. The summed E-state index contributed by atoms with van der Waals surface area (Å²) in [6, 6.07) is 15.4. The second-order valence-electron chi connectivity index (χ2n) is 4.64. The van der Waals surface area contributed by atoms with Crippen LogP contribution in [0.5, 0.6) is 0 Å². The number of carbonyl (C=O) groups excluding carboxylic acids is 1. The molecule has 0 radical (unpaired) electrons. The summed E-state index contributed by atoms with van der Waals surface area (Å²) in [5, 5.41) is 2.76. The molecule has 0 spiro atoms. The van der Waals surface area contributed by atoms with Gasteiger partial charge in [-0.2, -0.15) is 0 Å². The smallest absolute Gasteiger partial charge is 0.237 e. The van der Waals surface area contributed by atoms with Crippen molar-refractivity contribution in [2.75, 3.05) is 11.1 Å². The van der Waals surface area contributed by atoms with E-state index < -0.39 is 0 Å². The van der Waals surface area contributed by atoms with Gasteiger partial charge in [0.15, 0.2) is 0 Å². The molecule has 0 saturated heterocycles. The molecule has 4 heteroatoms. The highest BCUT2D eigenvalue weighted by atomic mass is 32.2. The van der Waals surface area contributed by atoms with Crippen LogP contribution >= 0.6 is 11.8 Å². The van der Waals surface area contributed by atoms with Crippen molar-refractivity contribution >= 4 is 29.0 Å². The summed E-state index contributed by atoms with van der Waals surface area (Å²) < 4.78 is 0.